The highest BCUT2D eigenvalue weighted by Crippen LogP contribution is 2.63. The molecule has 0 saturated heterocycles. The molecule has 1 spiro atoms. The van der Waals surface area contributed by atoms with Crippen LogP contribution in [-0.4, -0.2) is 19.5 Å². The fourth-order valence-electron chi connectivity index (χ4n) is 14.4. The maximum absolute atomic E-state index is 6.71. The van der Waals surface area contributed by atoms with Crippen molar-refractivity contribution in [3.63, 3.8) is 0 Å². The van der Waals surface area contributed by atoms with Gasteiger partial charge < -0.3 is 8.98 Å². The first kappa shape index (κ1) is 48.9. The fraction of sp³-hybridized carbons (Fsp3) is 0.0122. The smallest absolute Gasteiger partial charge is 0.164 e. The van der Waals surface area contributed by atoms with Gasteiger partial charge in [-0.15, -0.1) is 0 Å². The Morgan fingerprint density at radius 2 is 0.713 bits per heavy atom. The van der Waals surface area contributed by atoms with Crippen LogP contribution in [0.4, 0.5) is 0 Å². The van der Waals surface area contributed by atoms with Crippen LogP contribution >= 0.6 is 0 Å². The molecule has 0 bridgehead atoms. The minimum atomic E-state index is -0.441. The van der Waals surface area contributed by atoms with E-state index in [1.807, 2.05) is 30.3 Å². The van der Waals surface area contributed by atoms with E-state index in [-0.39, 0.29) is 0 Å². The molecule has 0 saturated carbocycles. The van der Waals surface area contributed by atoms with Gasteiger partial charge in [-0.2, -0.15) is 0 Å². The van der Waals surface area contributed by atoms with Crippen molar-refractivity contribution in [2.75, 3.05) is 0 Å². The predicted molar refractivity (Wildman–Crippen MR) is 356 cm³/mol. The Morgan fingerprint density at radius 1 is 0.253 bits per heavy atom. The quantitative estimate of drug-likeness (QED) is 0.152. The Kier molecular flexibility index (Phi) is 10.8. The van der Waals surface area contributed by atoms with E-state index < -0.39 is 5.41 Å². The molecule has 3 heterocycles. The molecule has 404 valence electrons. The average molecular weight is 1110 g/mol. The molecule has 2 aliphatic rings. The molecule has 0 amide bonds. The molecule has 0 radical (unpaired) electrons. The molecule has 16 aromatic rings. The van der Waals surface area contributed by atoms with Gasteiger partial charge in [0, 0.05) is 43.9 Å². The molecular weight excluding hydrogens is 1060 g/mol. The minimum Gasteiger partial charge on any atom is -0.456 e. The van der Waals surface area contributed by atoms with Crippen LogP contribution in [0.3, 0.4) is 0 Å². The molecule has 0 fully saturated rings. The molecule has 5 nitrogen and oxygen atoms in total. The van der Waals surface area contributed by atoms with Gasteiger partial charge in [-0.1, -0.05) is 231 Å². The van der Waals surface area contributed by atoms with E-state index >= 15 is 0 Å². The highest BCUT2D eigenvalue weighted by molar-refractivity contribution is 6.14. The normalized spacial score (nSPS) is 12.7. The zero-order chi connectivity index (χ0) is 57.2. The number of para-hydroxylation sites is 1. The maximum atomic E-state index is 6.71. The van der Waals surface area contributed by atoms with Gasteiger partial charge in [0.25, 0.3) is 0 Å². The lowest BCUT2D eigenvalue weighted by Crippen LogP contribution is -2.26. The number of aromatic nitrogens is 4. The Morgan fingerprint density at radius 3 is 1.38 bits per heavy atom. The Hall–Kier alpha value is -11.5. The fourth-order valence-corrected chi connectivity index (χ4v) is 14.4. The Balaban J connectivity index is 0.759. The van der Waals surface area contributed by atoms with Crippen molar-refractivity contribution in [1.82, 2.24) is 19.5 Å². The minimum absolute atomic E-state index is 0.441. The van der Waals surface area contributed by atoms with Gasteiger partial charge in [0.15, 0.2) is 17.5 Å². The van der Waals surface area contributed by atoms with Crippen LogP contribution < -0.4 is 0 Å². The summed E-state index contributed by atoms with van der Waals surface area (Å²) in [6.45, 7) is 0. The monoisotopic (exact) mass is 1110 g/mol. The number of rotatable bonds is 8. The molecule has 0 aliphatic heterocycles. The molecule has 5 heteroatoms. The second-order valence-electron chi connectivity index (χ2n) is 23.0. The summed E-state index contributed by atoms with van der Waals surface area (Å²) in [5.74, 6) is 1.74. The van der Waals surface area contributed by atoms with Crippen molar-refractivity contribution in [3.8, 4) is 107 Å². The largest absolute Gasteiger partial charge is 0.456 e. The third-order valence-electron chi connectivity index (χ3n) is 18.2. The summed E-state index contributed by atoms with van der Waals surface area (Å²) in [6.07, 6.45) is 0. The topological polar surface area (TPSA) is 56.7 Å². The van der Waals surface area contributed by atoms with Crippen molar-refractivity contribution in [2.45, 2.75) is 5.41 Å². The summed E-state index contributed by atoms with van der Waals surface area (Å²) in [4.78, 5) is 15.9. The number of hydrogen-bond donors (Lipinski definition) is 0. The molecule has 3 aromatic heterocycles. The first-order chi connectivity index (χ1) is 43.1. The van der Waals surface area contributed by atoms with E-state index in [9.17, 15) is 0 Å². The number of hydrogen-bond acceptors (Lipinski definition) is 4. The summed E-state index contributed by atoms with van der Waals surface area (Å²) < 4.78 is 9.18. The molecule has 87 heavy (non-hydrogen) atoms. The molecule has 0 unspecified atom stereocenters. The van der Waals surface area contributed by atoms with E-state index in [0.29, 0.717) is 17.5 Å². The molecule has 13 aromatic carbocycles. The summed E-state index contributed by atoms with van der Waals surface area (Å²) >= 11 is 0. The van der Waals surface area contributed by atoms with Crippen LogP contribution in [0, 0.1) is 0 Å². The van der Waals surface area contributed by atoms with Crippen LogP contribution in [-0.2, 0) is 5.41 Å². The second-order valence-corrected chi connectivity index (χ2v) is 23.0. The van der Waals surface area contributed by atoms with Gasteiger partial charge >= 0.3 is 0 Å². The third-order valence-corrected chi connectivity index (χ3v) is 18.2. The van der Waals surface area contributed by atoms with Crippen LogP contribution in [0.25, 0.3) is 150 Å². The lowest BCUT2D eigenvalue weighted by Gasteiger charge is -2.30. The SMILES string of the molecule is c1ccc(-c2cc(-c3ccccc3)cc(-c3cccc(-c4nc(-c5ccccc5)nc(-c5cccc6oc7ccc(-c8ccc9c(c8)c8ccccc8n9-c8ccc9c(c8)C8(c%10ccccc%10-c%10ccccc%108)c8ccccc8-9)cc7c56)n4)c3)c2)cc1. The zero-order valence-corrected chi connectivity index (χ0v) is 47.1. The molecule has 0 N–H and O–H groups in total. The van der Waals surface area contributed by atoms with Gasteiger partial charge in [-0.3, -0.25) is 0 Å². The highest BCUT2D eigenvalue weighted by atomic mass is 16.3. The highest BCUT2D eigenvalue weighted by Gasteiger charge is 2.51. The average Bonchev–Trinajstić information content (AvgIpc) is 1.57. The summed E-state index contributed by atoms with van der Waals surface area (Å²) in [6, 6.07) is 110. The molecule has 2 aliphatic carbocycles. The second kappa shape index (κ2) is 19.3. The maximum Gasteiger partial charge on any atom is 0.164 e. The van der Waals surface area contributed by atoms with E-state index in [1.165, 1.54) is 55.3 Å². The van der Waals surface area contributed by atoms with Crippen molar-refractivity contribution in [1.29, 1.82) is 0 Å². The zero-order valence-electron chi connectivity index (χ0n) is 47.1. The standard InChI is InChI=1S/C82H50N4O/c1-4-20-51(21-5-1)58-45-59(52-22-6-2-7-23-52)47-60(46-58)54-26-18-27-57(44-54)80-83-79(53-24-8-3-9-25-53)84-81(85-80)67-32-19-37-77-78(67)69-49-56(39-43-76(69)87-77)55-38-42-75-68(48-55)66-31-13-17-36-74(66)86(75)61-40-41-65-64-30-12-16-35-72(64)82(73(65)50-61)70-33-14-10-28-62(70)63-29-11-15-34-71(63)82/h1-50H. The van der Waals surface area contributed by atoms with Gasteiger partial charge in [0.1, 0.15) is 11.2 Å². The van der Waals surface area contributed by atoms with Gasteiger partial charge in [0.2, 0.25) is 0 Å². The van der Waals surface area contributed by atoms with E-state index in [1.54, 1.807) is 0 Å². The summed E-state index contributed by atoms with van der Waals surface area (Å²) in [7, 11) is 0. The van der Waals surface area contributed by atoms with Crippen LogP contribution in [0.2, 0.25) is 0 Å². The number of furan rings is 1. The van der Waals surface area contributed by atoms with Gasteiger partial charge in [0.05, 0.1) is 16.4 Å². The summed E-state index contributed by atoms with van der Waals surface area (Å²) in [5, 5.41) is 4.32. The van der Waals surface area contributed by atoms with Crippen molar-refractivity contribution < 1.29 is 4.42 Å². The summed E-state index contributed by atoms with van der Waals surface area (Å²) in [5.41, 5.74) is 26.7. The molecule has 0 atom stereocenters. The Labute approximate surface area is 502 Å². The van der Waals surface area contributed by atoms with Crippen molar-refractivity contribution in [3.05, 3.63) is 326 Å². The van der Waals surface area contributed by atoms with E-state index in [4.69, 9.17) is 19.4 Å². The van der Waals surface area contributed by atoms with Crippen molar-refractivity contribution in [2.24, 2.45) is 0 Å². The molecular formula is C82H50N4O. The van der Waals surface area contributed by atoms with Gasteiger partial charge in [-0.05, 0) is 162 Å². The Bertz CT molecular complexity index is 5350. The van der Waals surface area contributed by atoms with E-state index in [2.05, 4.69) is 278 Å². The van der Waals surface area contributed by atoms with Crippen molar-refractivity contribution >= 4 is 43.7 Å². The lowest BCUT2D eigenvalue weighted by atomic mass is 9.70. The van der Waals surface area contributed by atoms with Crippen LogP contribution in [0.5, 0.6) is 0 Å². The lowest BCUT2D eigenvalue weighted by molar-refractivity contribution is 0.669. The third kappa shape index (κ3) is 7.56. The number of benzene rings is 13. The predicted octanol–water partition coefficient (Wildman–Crippen LogP) is 20.9. The molecule has 18 rings (SSSR count). The van der Waals surface area contributed by atoms with Gasteiger partial charge in [-0.25, -0.2) is 15.0 Å². The van der Waals surface area contributed by atoms with E-state index in [0.717, 1.165) is 99.9 Å². The first-order valence-electron chi connectivity index (χ1n) is 29.7. The van der Waals surface area contributed by atoms with Crippen LogP contribution in [0.1, 0.15) is 22.3 Å². The van der Waals surface area contributed by atoms with Crippen LogP contribution in [0.15, 0.2) is 308 Å². The number of fused-ring (bicyclic) bond motifs is 16. The first-order valence-corrected chi connectivity index (χ1v) is 29.7. The number of nitrogens with zero attached hydrogens (tertiary/aromatic N) is 4.